The predicted molar refractivity (Wildman–Crippen MR) is 110 cm³/mol. The molecule has 7 heteroatoms. The molecule has 1 aromatic heterocycles. The lowest BCUT2D eigenvalue weighted by Crippen LogP contribution is -2.05. The molecule has 0 aliphatic rings. The van der Waals surface area contributed by atoms with Crippen molar-refractivity contribution in [1.29, 1.82) is 0 Å². The summed E-state index contributed by atoms with van der Waals surface area (Å²) in [6.45, 7) is 2.86. The van der Waals surface area contributed by atoms with Gasteiger partial charge in [0, 0.05) is 18.8 Å². The summed E-state index contributed by atoms with van der Waals surface area (Å²) < 4.78 is 7.36. The van der Waals surface area contributed by atoms with E-state index in [0.29, 0.717) is 25.4 Å². The zero-order valence-electron chi connectivity index (χ0n) is 16.2. The summed E-state index contributed by atoms with van der Waals surface area (Å²) in [5.74, 6) is -0.446. The maximum absolute atomic E-state index is 11.0. The third-order valence-electron chi connectivity index (χ3n) is 4.21. The summed E-state index contributed by atoms with van der Waals surface area (Å²) in [5.41, 5.74) is 3.06. The maximum Gasteiger partial charge on any atom is 0.335 e. The molecule has 0 spiro atoms. The number of aromatic nitrogens is 2. The first-order valence-corrected chi connectivity index (χ1v) is 9.43. The van der Waals surface area contributed by atoms with Crippen LogP contribution in [-0.4, -0.2) is 39.8 Å². The van der Waals surface area contributed by atoms with Gasteiger partial charge in [0.05, 0.1) is 23.6 Å². The largest absolute Gasteiger partial charge is 0.493 e. The van der Waals surface area contributed by atoms with Gasteiger partial charge in [0.15, 0.2) is 0 Å². The lowest BCUT2D eigenvalue weighted by atomic mass is 10.1. The lowest BCUT2D eigenvalue weighted by molar-refractivity contribution is 0.0696. The normalized spacial score (nSPS) is 11.3. The molecule has 0 radical (unpaired) electrons. The fourth-order valence-corrected chi connectivity index (χ4v) is 2.71. The van der Waals surface area contributed by atoms with E-state index in [1.54, 1.807) is 23.0 Å². The van der Waals surface area contributed by atoms with Crippen molar-refractivity contribution in [3.8, 4) is 11.4 Å². The number of hydrogen-bond acceptors (Lipinski definition) is 5. The van der Waals surface area contributed by atoms with E-state index in [1.807, 2.05) is 43.5 Å². The maximum atomic E-state index is 11.0. The Morgan fingerprint density at radius 1 is 1.10 bits per heavy atom. The zero-order chi connectivity index (χ0) is 20.5. The average Bonchev–Trinajstić information content (AvgIpc) is 3.29. The number of aromatic carboxylic acids is 1. The summed E-state index contributed by atoms with van der Waals surface area (Å²) in [7, 11) is 0. The Balaban J connectivity index is 1.46. The minimum Gasteiger partial charge on any atom is -0.493 e. The van der Waals surface area contributed by atoms with Crippen molar-refractivity contribution in [1.82, 2.24) is 9.78 Å². The minimum absolute atomic E-state index is 0.203. The Bertz CT molecular complexity index is 950. The Kier molecular flexibility index (Phi) is 7.00. The molecule has 0 unspecified atom stereocenters. The molecular formula is C22H23N3O4. The fourth-order valence-electron chi connectivity index (χ4n) is 2.71. The first kappa shape index (κ1) is 20.1. The second kappa shape index (κ2) is 10.1. The average molecular weight is 393 g/mol. The highest BCUT2D eigenvalue weighted by Crippen LogP contribution is 2.14. The minimum atomic E-state index is -0.974. The van der Waals surface area contributed by atoms with Crippen molar-refractivity contribution in [3.05, 3.63) is 78.1 Å². The Morgan fingerprint density at radius 2 is 1.93 bits per heavy atom. The molecule has 7 nitrogen and oxygen atoms in total. The molecule has 1 N–H and O–H groups in total. The van der Waals surface area contributed by atoms with Gasteiger partial charge < -0.3 is 14.7 Å². The van der Waals surface area contributed by atoms with E-state index in [-0.39, 0.29) is 5.56 Å². The van der Waals surface area contributed by atoms with Crippen molar-refractivity contribution >= 4 is 11.7 Å². The third kappa shape index (κ3) is 5.68. The van der Waals surface area contributed by atoms with Gasteiger partial charge in [-0.2, -0.15) is 5.10 Å². The van der Waals surface area contributed by atoms with Crippen LogP contribution in [0.15, 0.2) is 72.1 Å². The third-order valence-corrected chi connectivity index (χ3v) is 4.21. The Labute approximate surface area is 169 Å². The molecule has 3 aromatic rings. The molecule has 0 bridgehead atoms. The number of oxime groups is 1. The molecule has 0 saturated heterocycles. The summed E-state index contributed by atoms with van der Waals surface area (Å²) in [4.78, 5) is 16.4. The van der Waals surface area contributed by atoms with E-state index < -0.39 is 5.97 Å². The molecule has 0 fully saturated rings. The molecule has 0 atom stereocenters. The molecule has 150 valence electrons. The highest BCUT2D eigenvalue weighted by Gasteiger charge is 2.05. The molecule has 3 rings (SSSR count). The van der Waals surface area contributed by atoms with Crippen LogP contribution < -0.4 is 4.74 Å². The van der Waals surface area contributed by atoms with E-state index in [4.69, 9.17) is 14.7 Å². The molecule has 1 heterocycles. The molecule has 0 aliphatic heterocycles. The molecule has 0 amide bonds. The Morgan fingerprint density at radius 3 is 2.62 bits per heavy atom. The topological polar surface area (TPSA) is 85.9 Å². The first-order chi connectivity index (χ1) is 14.2. The number of carbonyl (C=O) groups is 1. The number of nitrogens with zero attached hydrogens (tertiary/aromatic N) is 3. The van der Waals surface area contributed by atoms with E-state index in [2.05, 4.69) is 10.3 Å². The van der Waals surface area contributed by atoms with Gasteiger partial charge in [-0.3, -0.25) is 0 Å². The predicted octanol–water partition coefficient (Wildman–Crippen LogP) is 4.17. The van der Waals surface area contributed by atoms with Crippen LogP contribution in [0.2, 0.25) is 0 Å². The summed E-state index contributed by atoms with van der Waals surface area (Å²) >= 11 is 0. The van der Waals surface area contributed by atoms with Crippen LogP contribution in [0.3, 0.4) is 0 Å². The number of carboxylic acids is 1. The lowest BCUT2D eigenvalue weighted by Gasteiger charge is -2.08. The van der Waals surface area contributed by atoms with Crippen LogP contribution in [0.5, 0.6) is 5.75 Å². The molecule has 2 aromatic carbocycles. The zero-order valence-corrected chi connectivity index (χ0v) is 16.2. The van der Waals surface area contributed by atoms with Gasteiger partial charge in [-0.25, -0.2) is 9.48 Å². The van der Waals surface area contributed by atoms with Crippen molar-refractivity contribution in [2.24, 2.45) is 5.16 Å². The van der Waals surface area contributed by atoms with Crippen molar-refractivity contribution < 1.29 is 19.5 Å². The molecule has 29 heavy (non-hydrogen) atoms. The number of benzene rings is 2. The van der Waals surface area contributed by atoms with Gasteiger partial charge >= 0.3 is 5.97 Å². The van der Waals surface area contributed by atoms with Crippen LogP contribution >= 0.6 is 0 Å². The van der Waals surface area contributed by atoms with E-state index in [0.717, 1.165) is 23.4 Å². The number of hydrogen-bond donors (Lipinski definition) is 1. The van der Waals surface area contributed by atoms with Crippen LogP contribution in [0.25, 0.3) is 5.69 Å². The summed E-state index contributed by atoms with van der Waals surface area (Å²) in [6, 6.07) is 16.3. The molecular weight excluding hydrogens is 370 g/mol. The quantitative estimate of drug-likeness (QED) is 0.317. The smallest absolute Gasteiger partial charge is 0.335 e. The Hall–Kier alpha value is -3.61. The second-order valence-electron chi connectivity index (χ2n) is 6.26. The van der Waals surface area contributed by atoms with Gasteiger partial charge in [-0.15, -0.1) is 0 Å². The summed E-state index contributed by atoms with van der Waals surface area (Å²) in [6.07, 6.45) is 5.02. The monoisotopic (exact) mass is 393 g/mol. The number of ether oxygens (including phenoxy) is 1. The standard InChI is InChI=1S/C22H23N3O4/c1-2-21(17-8-10-19(11-9-17)25-13-4-12-23-25)24-29-15-5-14-28-20-7-3-6-18(16-20)22(26)27/h3-4,6-13,16H,2,5,14-15H2,1H3,(H,26,27). The van der Waals surface area contributed by atoms with Crippen molar-refractivity contribution in [2.75, 3.05) is 13.2 Å². The van der Waals surface area contributed by atoms with Crippen LogP contribution in [-0.2, 0) is 4.84 Å². The SMILES string of the molecule is CCC(=NOCCCOc1cccc(C(=O)O)c1)c1ccc(-n2cccn2)cc1. The van der Waals surface area contributed by atoms with Crippen LogP contribution in [0.4, 0.5) is 0 Å². The second-order valence-corrected chi connectivity index (χ2v) is 6.26. The fraction of sp³-hybridized carbons (Fsp3) is 0.227. The van der Waals surface area contributed by atoms with Gasteiger partial charge in [0.25, 0.3) is 0 Å². The van der Waals surface area contributed by atoms with Crippen LogP contribution in [0, 0.1) is 0 Å². The van der Waals surface area contributed by atoms with E-state index in [9.17, 15) is 4.79 Å². The number of carboxylic acid groups (broad SMARTS) is 1. The highest BCUT2D eigenvalue weighted by molar-refractivity contribution is 6.00. The van der Waals surface area contributed by atoms with Gasteiger partial charge in [-0.05, 0) is 48.4 Å². The van der Waals surface area contributed by atoms with Crippen LogP contribution in [0.1, 0.15) is 35.7 Å². The van der Waals surface area contributed by atoms with Gasteiger partial charge in [0.2, 0.25) is 0 Å². The van der Waals surface area contributed by atoms with E-state index in [1.165, 1.54) is 12.1 Å². The molecule has 0 aliphatic carbocycles. The van der Waals surface area contributed by atoms with Gasteiger partial charge in [-0.1, -0.05) is 30.3 Å². The molecule has 0 saturated carbocycles. The van der Waals surface area contributed by atoms with E-state index >= 15 is 0 Å². The van der Waals surface area contributed by atoms with Crippen molar-refractivity contribution in [3.63, 3.8) is 0 Å². The summed E-state index contributed by atoms with van der Waals surface area (Å²) in [5, 5.41) is 17.5. The first-order valence-electron chi connectivity index (χ1n) is 9.43. The van der Waals surface area contributed by atoms with Gasteiger partial charge in [0.1, 0.15) is 12.4 Å². The van der Waals surface area contributed by atoms with Crippen molar-refractivity contribution in [2.45, 2.75) is 19.8 Å². The highest BCUT2D eigenvalue weighted by atomic mass is 16.6. The number of rotatable bonds is 10.